The molecule has 37 heavy (non-hydrogen) atoms. The first kappa shape index (κ1) is 23.2. The second kappa shape index (κ2) is 9.33. The molecule has 1 aliphatic rings. The fourth-order valence-electron chi connectivity index (χ4n) is 5.82. The largest absolute Gasteiger partial charge is 0.438 e. The lowest BCUT2D eigenvalue weighted by atomic mass is 9.72. The van der Waals surface area contributed by atoms with Crippen LogP contribution in [0.1, 0.15) is 24.5 Å². The van der Waals surface area contributed by atoms with Crippen molar-refractivity contribution in [3.05, 3.63) is 126 Å². The van der Waals surface area contributed by atoms with E-state index in [4.69, 9.17) is 4.74 Å². The molecule has 3 heteroatoms. The second-order valence-electron chi connectivity index (χ2n) is 10.2. The van der Waals surface area contributed by atoms with E-state index >= 15 is 0 Å². The van der Waals surface area contributed by atoms with Gasteiger partial charge in [0.15, 0.2) is 11.6 Å². The number of nitrogens with one attached hydrogen (secondary N) is 1. The maximum atomic E-state index is 6.53. The van der Waals surface area contributed by atoms with E-state index in [0.29, 0.717) is 0 Å². The molecule has 184 valence electrons. The van der Waals surface area contributed by atoms with E-state index in [1.165, 1.54) is 33.0 Å². The zero-order chi connectivity index (χ0) is 25.4. The first-order valence-corrected chi connectivity index (χ1v) is 12.9. The van der Waals surface area contributed by atoms with E-state index in [2.05, 4.69) is 133 Å². The fraction of sp³-hybridized carbons (Fsp3) is 0.176. The zero-order valence-corrected chi connectivity index (χ0v) is 21.7. The third-order valence-corrected chi connectivity index (χ3v) is 7.72. The van der Waals surface area contributed by atoms with Crippen LogP contribution in [0.15, 0.2) is 115 Å². The lowest BCUT2D eigenvalue weighted by Crippen LogP contribution is -2.27. The van der Waals surface area contributed by atoms with E-state index in [-0.39, 0.29) is 5.41 Å². The lowest BCUT2D eigenvalue weighted by Gasteiger charge is -2.33. The minimum Gasteiger partial charge on any atom is -0.438 e. The molecule has 5 aromatic rings. The molecule has 0 bridgehead atoms. The van der Waals surface area contributed by atoms with Crippen LogP contribution in [-0.4, -0.2) is 14.1 Å². The second-order valence-corrected chi connectivity index (χ2v) is 10.2. The number of benzene rings is 5. The summed E-state index contributed by atoms with van der Waals surface area (Å²) in [7, 11) is 4.11. The van der Waals surface area contributed by atoms with Gasteiger partial charge in [-0.3, -0.25) is 0 Å². The van der Waals surface area contributed by atoms with Crippen molar-refractivity contribution in [1.29, 1.82) is 0 Å². The highest BCUT2D eigenvalue weighted by Gasteiger charge is 2.32. The van der Waals surface area contributed by atoms with E-state index in [1.807, 2.05) is 7.05 Å². The average Bonchev–Trinajstić information content (AvgIpc) is 3.27. The minimum absolute atomic E-state index is 0.172. The van der Waals surface area contributed by atoms with Crippen molar-refractivity contribution >= 4 is 32.9 Å². The number of nitrogens with zero attached hydrogens (tertiary/aromatic N) is 1. The van der Waals surface area contributed by atoms with Crippen molar-refractivity contribution in [2.24, 2.45) is 0 Å². The quantitative estimate of drug-likeness (QED) is 0.262. The molecule has 1 unspecified atom stereocenters. The van der Waals surface area contributed by atoms with Crippen LogP contribution >= 0.6 is 0 Å². The molecule has 0 amide bonds. The molecule has 0 aromatic heterocycles. The van der Waals surface area contributed by atoms with Gasteiger partial charge in [0, 0.05) is 30.6 Å². The number of allylic oxidation sites excluding steroid dienone is 1. The lowest BCUT2D eigenvalue weighted by molar-refractivity contribution is 0.428. The van der Waals surface area contributed by atoms with Crippen molar-refractivity contribution in [3.8, 4) is 5.75 Å². The molecule has 1 aliphatic heterocycles. The van der Waals surface area contributed by atoms with E-state index in [9.17, 15) is 0 Å². The number of fused-ring (bicyclic) bond motifs is 4. The maximum absolute atomic E-state index is 6.53. The van der Waals surface area contributed by atoms with Crippen LogP contribution in [0.5, 0.6) is 5.75 Å². The van der Waals surface area contributed by atoms with Crippen LogP contribution in [0, 0.1) is 0 Å². The summed E-state index contributed by atoms with van der Waals surface area (Å²) in [4.78, 5) is 2.17. The standard InChI is InChI=1S/C34H32N2O/c1-34(23-24-11-5-4-6-12-24,32-27-15-9-7-13-25(27)17-19-29(32)35-2)22-21-31-36(3)30-20-18-26-14-8-10-16-28(26)33(30)37-31/h4-21,35H,22-23H2,1-3H3/b31-21-. The van der Waals surface area contributed by atoms with Crippen LogP contribution in [0.3, 0.4) is 0 Å². The average molecular weight is 485 g/mol. The number of rotatable bonds is 6. The molecular formula is C34H32N2O. The normalized spacial score (nSPS) is 15.5. The highest BCUT2D eigenvalue weighted by atomic mass is 16.5. The Bertz CT molecular complexity index is 1620. The summed E-state index contributed by atoms with van der Waals surface area (Å²) in [6, 6.07) is 36.7. The van der Waals surface area contributed by atoms with Crippen molar-refractivity contribution in [3.63, 3.8) is 0 Å². The van der Waals surface area contributed by atoms with Gasteiger partial charge in [0.1, 0.15) is 0 Å². The predicted octanol–water partition coefficient (Wildman–Crippen LogP) is 8.30. The Kier molecular flexibility index (Phi) is 5.84. The minimum atomic E-state index is -0.172. The molecule has 1 heterocycles. The van der Waals surface area contributed by atoms with E-state index < -0.39 is 0 Å². The van der Waals surface area contributed by atoms with Gasteiger partial charge in [-0.25, -0.2) is 0 Å². The van der Waals surface area contributed by atoms with Gasteiger partial charge in [-0.2, -0.15) is 0 Å². The van der Waals surface area contributed by atoms with E-state index in [1.54, 1.807) is 0 Å². The van der Waals surface area contributed by atoms with Gasteiger partial charge in [-0.1, -0.05) is 97.9 Å². The SMILES string of the molecule is CNc1ccc2ccccc2c1C(C)(C/C=C1\Oc2c(ccc3ccccc23)N1C)Cc1ccccc1. The van der Waals surface area contributed by atoms with Crippen molar-refractivity contribution in [1.82, 2.24) is 0 Å². The Morgan fingerprint density at radius 2 is 1.43 bits per heavy atom. The van der Waals surface area contributed by atoms with Crippen molar-refractivity contribution in [2.75, 3.05) is 24.3 Å². The number of hydrogen-bond acceptors (Lipinski definition) is 3. The van der Waals surface area contributed by atoms with Crippen LogP contribution in [-0.2, 0) is 11.8 Å². The molecule has 5 aromatic carbocycles. The highest BCUT2D eigenvalue weighted by molar-refractivity contribution is 5.95. The van der Waals surface area contributed by atoms with Gasteiger partial charge in [0.05, 0.1) is 5.69 Å². The van der Waals surface area contributed by atoms with Gasteiger partial charge in [-0.15, -0.1) is 0 Å². The highest BCUT2D eigenvalue weighted by Crippen LogP contribution is 2.45. The molecule has 0 radical (unpaired) electrons. The third kappa shape index (κ3) is 4.11. The Hall–Kier alpha value is -4.24. The summed E-state index contributed by atoms with van der Waals surface area (Å²) < 4.78 is 6.53. The molecule has 0 saturated heterocycles. The zero-order valence-electron chi connectivity index (χ0n) is 21.7. The van der Waals surface area contributed by atoms with Crippen LogP contribution in [0.2, 0.25) is 0 Å². The number of hydrogen-bond donors (Lipinski definition) is 1. The molecule has 0 aliphatic carbocycles. The Morgan fingerprint density at radius 3 is 2.19 bits per heavy atom. The van der Waals surface area contributed by atoms with E-state index in [0.717, 1.165) is 35.5 Å². The molecule has 0 fully saturated rings. The van der Waals surface area contributed by atoms with Crippen LogP contribution in [0.25, 0.3) is 21.5 Å². The molecule has 3 nitrogen and oxygen atoms in total. The first-order valence-electron chi connectivity index (χ1n) is 12.9. The first-order chi connectivity index (χ1) is 18.1. The van der Waals surface area contributed by atoms with Gasteiger partial charge in [0.2, 0.25) is 0 Å². The fourth-order valence-corrected chi connectivity index (χ4v) is 5.82. The van der Waals surface area contributed by atoms with Crippen molar-refractivity contribution < 1.29 is 4.74 Å². The number of ether oxygens (including phenoxy) is 1. The molecule has 1 atom stereocenters. The summed E-state index contributed by atoms with van der Waals surface area (Å²) in [5, 5.41) is 8.38. The van der Waals surface area contributed by atoms with Crippen LogP contribution in [0.4, 0.5) is 11.4 Å². The Balaban J connectivity index is 1.45. The summed E-state index contributed by atoms with van der Waals surface area (Å²) in [6.07, 6.45) is 4.02. The topological polar surface area (TPSA) is 24.5 Å². The Morgan fingerprint density at radius 1 is 0.784 bits per heavy atom. The Labute approximate surface area is 219 Å². The molecule has 0 spiro atoms. The maximum Gasteiger partial charge on any atom is 0.196 e. The predicted molar refractivity (Wildman–Crippen MR) is 157 cm³/mol. The monoisotopic (exact) mass is 484 g/mol. The summed E-state index contributed by atoms with van der Waals surface area (Å²) in [6.45, 7) is 2.39. The van der Waals surface area contributed by atoms with Crippen molar-refractivity contribution in [2.45, 2.75) is 25.2 Å². The number of anilines is 2. The van der Waals surface area contributed by atoms with Gasteiger partial charge in [-0.05, 0) is 58.3 Å². The molecule has 0 saturated carbocycles. The van der Waals surface area contributed by atoms with Gasteiger partial charge in [0.25, 0.3) is 0 Å². The van der Waals surface area contributed by atoms with Gasteiger partial charge >= 0.3 is 0 Å². The molecular weight excluding hydrogens is 452 g/mol. The molecule has 6 rings (SSSR count). The smallest absolute Gasteiger partial charge is 0.196 e. The summed E-state index contributed by atoms with van der Waals surface area (Å²) in [5.41, 5.74) is 4.78. The van der Waals surface area contributed by atoms with Crippen LogP contribution < -0.4 is 15.0 Å². The molecule has 1 N–H and O–H groups in total. The summed E-state index contributed by atoms with van der Waals surface area (Å²) in [5.74, 6) is 1.83. The van der Waals surface area contributed by atoms with Gasteiger partial charge < -0.3 is 15.0 Å². The summed E-state index contributed by atoms with van der Waals surface area (Å²) >= 11 is 0. The third-order valence-electron chi connectivity index (χ3n) is 7.72.